The molecule has 26 heavy (non-hydrogen) atoms. The third-order valence-corrected chi connectivity index (χ3v) is 3.78. The maximum atomic E-state index is 12.8. The molecule has 0 saturated carbocycles. The lowest BCUT2D eigenvalue weighted by Crippen LogP contribution is -2.17. The second kappa shape index (κ2) is 7.03. The van der Waals surface area contributed by atoms with Crippen LogP contribution in [0.3, 0.4) is 0 Å². The normalized spacial score (nSPS) is 11.1. The van der Waals surface area contributed by atoms with Crippen LogP contribution < -0.4 is 15.7 Å². The first-order valence-electron chi connectivity index (χ1n) is 8.47. The smallest absolute Gasteiger partial charge is 0.337 e. The van der Waals surface area contributed by atoms with Crippen LogP contribution in [0.2, 0.25) is 0 Å². The summed E-state index contributed by atoms with van der Waals surface area (Å²) in [6.45, 7) is 8.22. The van der Waals surface area contributed by atoms with E-state index >= 15 is 0 Å². The number of nitrogens with zero attached hydrogens (tertiary/aromatic N) is 2. The molecular formula is C19H21N3O4. The Morgan fingerprint density at radius 1 is 1.31 bits per heavy atom. The molecule has 1 N–H and O–H groups in total. The third kappa shape index (κ3) is 3.61. The van der Waals surface area contributed by atoms with Gasteiger partial charge in [0.15, 0.2) is 0 Å². The van der Waals surface area contributed by atoms with E-state index in [1.54, 1.807) is 28.9 Å². The molecule has 0 bridgehead atoms. The van der Waals surface area contributed by atoms with Crippen molar-refractivity contribution in [3.63, 3.8) is 0 Å². The van der Waals surface area contributed by atoms with Gasteiger partial charge in [-0.25, -0.2) is 9.48 Å². The number of aromatic nitrogens is 2. The van der Waals surface area contributed by atoms with E-state index in [1.807, 2.05) is 27.7 Å². The molecule has 3 aromatic rings. The van der Waals surface area contributed by atoms with E-state index in [9.17, 15) is 9.59 Å². The summed E-state index contributed by atoms with van der Waals surface area (Å²) in [5.74, 6) is 0.763. The van der Waals surface area contributed by atoms with Crippen molar-refractivity contribution in [3.8, 4) is 5.75 Å². The summed E-state index contributed by atoms with van der Waals surface area (Å²) in [5.41, 5.74) is 0.759. The molecule has 0 radical (unpaired) electrons. The highest BCUT2D eigenvalue weighted by Gasteiger charge is 2.16. The largest absolute Gasteiger partial charge is 0.491 e. The Morgan fingerprint density at radius 2 is 2.08 bits per heavy atom. The average molecular weight is 355 g/mol. The van der Waals surface area contributed by atoms with Crippen LogP contribution in [0, 0.1) is 6.92 Å². The molecule has 2 aromatic heterocycles. The fraction of sp³-hybridized carbons (Fsp3) is 0.316. The maximum absolute atomic E-state index is 12.8. The summed E-state index contributed by atoms with van der Waals surface area (Å²) in [4.78, 5) is 24.7. The van der Waals surface area contributed by atoms with Crippen molar-refractivity contribution < 1.29 is 13.9 Å². The first-order valence-corrected chi connectivity index (χ1v) is 8.47. The van der Waals surface area contributed by atoms with Crippen LogP contribution >= 0.6 is 0 Å². The van der Waals surface area contributed by atoms with Crippen molar-refractivity contribution in [3.05, 3.63) is 52.0 Å². The van der Waals surface area contributed by atoms with Crippen molar-refractivity contribution in [2.75, 3.05) is 5.32 Å². The lowest BCUT2D eigenvalue weighted by molar-refractivity contribution is 0.102. The minimum absolute atomic E-state index is 0.0109. The number of ether oxygens (including phenoxy) is 1. The number of nitrogens with one attached hydrogen (secondary N) is 1. The summed E-state index contributed by atoms with van der Waals surface area (Å²) in [6, 6.07) is 8.06. The van der Waals surface area contributed by atoms with Crippen LogP contribution in [-0.4, -0.2) is 21.8 Å². The summed E-state index contributed by atoms with van der Waals surface area (Å²) in [7, 11) is 0. The van der Waals surface area contributed by atoms with Gasteiger partial charge in [-0.05, 0) is 39.8 Å². The summed E-state index contributed by atoms with van der Waals surface area (Å²) < 4.78 is 12.5. The molecule has 3 rings (SSSR count). The van der Waals surface area contributed by atoms with Gasteiger partial charge in [-0.1, -0.05) is 0 Å². The Bertz CT molecular complexity index is 1020. The highest BCUT2D eigenvalue weighted by atomic mass is 16.5. The van der Waals surface area contributed by atoms with Gasteiger partial charge in [-0.3, -0.25) is 4.79 Å². The molecule has 0 fully saturated rings. The molecule has 136 valence electrons. The zero-order valence-electron chi connectivity index (χ0n) is 15.2. The minimum Gasteiger partial charge on any atom is -0.491 e. The van der Waals surface area contributed by atoms with E-state index in [1.165, 1.54) is 6.07 Å². The molecule has 7 nitrogen and oxygen atoms in total. The number of carbonyl (C=O) groups is 1. The number of carbonyl (C=O) groups excluding carboxylic acids is 1. The van der Waals surface area contributed by atoms with E-state index in [-0.39, 0.29) is 11.7 Å². The lowest BCUT2D eigenvalue weighted by Gasteiger charge is -2.11. The van der Waals surface area contributed by atoms with E-state index in [0.717, 1.165) is 5.69 Å². The molecule has 0 aliphatic heterocycles. The Balaban J connectivity index is 2.00. The summed E-state index contributed by atoms with van der Waals surface area (Å²) in [6.07, 6.45) is -0.0109. The van der Waals surface area contributed by atoms with Crippen LogP contribution in [-0.2, 0) is 6.54 Å². The summed E-state index contributed by atoms with van der Waals surface area (Å²) >= 11 is 0. The monoisotopic (exact) mass is 355 g/mol. The number of hydrogen-bond donors (Lipinski definition) is 1. The van der Waals surface area contributed by atoms with Crippen LogP contribution in [0.15, 0.2) is 39.5 Å². The van der Waals surface area contributed by atoms with Gasteiger partial charge >= 0.3 is 5.63 Å². The minimum atomic E-state index is -0.593. The van der Waals surface area contributed by atoms with Crippen molar-refractivity contribution in [2.24, 2.45) is 0 Å². The van der Waals surface area contributed by atoms with Crippen molar-refractivity contribution >= 4 is 22.7 Å². The van der Waals surface area contributed by atoms with E-state index in [0.29, 0.717) is 29.1 Å². The molecule has 1 aromatic carbocycles. The number of rotatable bonds is 5. The van der Waals surface area contributed by atoms with Crippen LogP contribution in [0.25, 0.3) is 11.0 Å². The Labute approximate surface area is 150 Å². The number of anilines is 1. The lowest BCUT2D eigenvalue weighted by atomic mass is 10.1. The standard InChI is InChI=1S/C19H21N3O4/c1-5-22-17(8-12(4)21-22)20-19(24)15-10-18(23)26-16-9-13(25-11(2)3)6-7-14(15)16/h6-11H,5H2,1-4H3,(H,20,24). The van der Waals surface area contributed by atoms with Gasteiger partial charge in [0, 0.05) is 30.1 Å². The molecule has 0 aliphatic carbocycles. The second-order valence-electron chi connectivity index (χ2n) is 6.24. The van der Waals surface area contributed by atoms with E-state index in [2.05, 4.69) is 10.4 Å². The molecule has 2 heterocycles. The number of benzene rings is 1. The number of amides is 1. The van der Waals surface area contributed by atoms with Crippen LogP contribution in [0.4, 0.5) is 5.82 Å². The van der Waals surface area contributed by atoms with Crippen LogP contribution in [0.5, 0.6) is 5.75 Å². The van der Waals surface area contributed by atoms with Gasteiger partial charge in [0.25, 0.3) is 5.91 Å². The maximum Gasteiger partial charge on any atom is 0.337 e. The molecule has 0 aliphatic rings. The summed E-state index contributed by atoms with van der Waals surface area (Å²) in [5, 5.41) is 7.65. The van der Waals surface area contributed by atoms with Gasteiger partial charge in [-0.15, -0.1) is 0 Å². The fourth-order valence-corrected chi connectivity index (χ4v) is 2.75. The Kier molecular flexibility index (Phi) is 4.79. The zero-order valence-corrected chi connectivity index (χ0v) is 15.2. The van der Waals surface area contributed by atoms with E-state index < -0.39 is 11.5 Å². The highest BCUT2D eigenvalue weighted by Crippen LogP contribution is 2.24. The molecule has 0 spiro atoms. The Morgan fingerprint density at radius 3 is 2.77 bits per heavy atom. The predicted octanol–water partition coefficient (Wildman–Crippen LogP) is 3.36. The molecule has 0 atom stereocenters. The van der Waals surface area contributed by atoms with Gasteiger partial charge in [-0.2, -0.15) is 5.10 Å². The van der Waals surface area contributed by atoms with Gasteiger partial charge < -0.3 is 14.5 Å². The molecule has 0 saturated heterocycles. The highest BCUT2D eigenvalue weighted by molar-refractivity contribution is 6.11. The average Bonchev–Trinajstić information content (AvgIpc) is 2.92. The fourth-order valence-electron chi connectivity index (χ4n) is 2.75. The van der Waals surface area contributed by atoms with Gasteiger partial charge in [0.1, 0.15) is 17.2 Å². The predicted molar refractivity (Wildman–Crippen MR) is 98.8 cm³/mol. The molecule has 1 amide bonds. The van der Waals surface area contributed by atoms with Gasteiger partial charge in [0.05, 0.1) is 17.4 Å². The Hall–Kier alpha value is -3.09. The molecule has 0 unspecified atom stereocenters. The van der Waals surface area contributed by atoms with Crippen LogP contribution in [0.1, 0.15) is 36.8 Å². The quantitative estimate of drug-likeness (QED) is 0.709. The van der Waals surface area contributed by atoms with Crippen molar-refractivity contribution in [2.45, 2.75) is 40.3 Å². The topological polar surface area (TPSA) is 86.4 Å². The van der Waals surface area contributed by atoms with Crippen molar-refractivity contribution in [1.82, 2.24) is 9.78 Å². The third-order valence-electron chi connectivity index (χ3n) is 3.78. The number of aryl methyl sites for hydroxylation is 2. The molecular weight excluding hydrogens is 334 g/mol. The van der Waals surface area contributed by atoms with Gasteiger partial charge in [0.2, 0.25) is 0 Å². The second-order valence-corrected chi connectivity index (χ2v) is 6.24. The van der Waals surface area contributed by atoms with E-state index in [4.69, 9.17) is 9.15 Å². The molecule has 7 heteroatoms. The van der Waals surface area contributed by atoms with Crippen molar-refractivity contribution in [1.29, 1.82) is 0 Å². The first-order chi connectivity index (χ1) is 12.4. The SMILES string of the molecule is CCn1nc(C)cc1NC(=O)c1cc(=O)oc2cc(OC(C)C)ccc12. The number of fused-ring (bicyclic) bond motifs is 1. The number of hydrogen-bond acceptors (Lipinski definition) is 5. The first kappa shape index (κ1) is 17.7. The zero-order chi connectivity index (χ0) is 18.8.